The van der Waals surface area contributed by atoms with Gasteiger partial charge in [-0.2, -0.15) is 0 Å². The standard InChI is InChI=1S/C13H18F2N2O/c1-9(8-16)6-13(18)17-5-4-10-2-3-11(14)12(15)7-10/h2-3,7,9H,4-6,8,16H2,1H3,(H,17,18). The van der Waals surface area contributed by atoms with Crippen molar-refractivity contribution >= 4 is 5.91 Å². The van der Waals surface area contributed by atoms with E-state index in [2.05, 4.69) is 5.32 Å². The van der Waals surface area contributed by atoms with E-state index in [0.717, 1.165) is 12.1 Å². The molecule has 3 N–H and O–H groups in total. The Labute approximate surface area is 105 Å². The number of hydrogen-bond donors (Lipinski definition) is 2. The molecule has 1 aromatic carbocycles. The van der Waals surface area contributed by atoms with Crippen molar-refractivity contribution in [2.45, 2.75) is 19.8 Å². The number of hydrogen-bond acceptors (Lipinski definition) is 2. The zero-order chi connectivity index (χ0) is 13.5. The molecule has 0 saturated heterocycles. The Kier molecular flexibility index (Phi) is 5.71. The SMILES string of the molecule is CC(CN)CC(=O)NCCc1ccc(F)c(F)c1. The fourth-order valence-corrected chi connectivity index (χ4v) is 1.51. The van der Waals surface area contributed by atoms with Crippen LogP contribution in [0.4, 0.5) is 8.78 Å². The summed E-state index contributed by atoms with van der Waals surface area (Å²) in [7, 11) is 0. The first-order valence-corrected chi connectivity index (χ1v) is 5.93. The number of carbonyl (C=O) groups is 1. The molecule has 0 heterocycles. The maximum absolute atomic E-state index is 12.9. The van der Waals surface area contributed by atoms with E-state index in [1.165, 1.54) is 6.07 Å². The van der Waals surface area contributed by atoms with E-state index in [0.29, 0.717) is 31.5 Å². The molecule has 0 aromatic heterocycles. The van der Waals surface area contributed by atoms with Crippen LogP contribution in [-0.2, 0) is 11.2 Å². The minimum absolute atomic E-state index is 0.0736. The largest absolute Gasteiger partial charge is 0.356 e. The molecule has 0 radical (unpaired) electrons. The zero-order valence-corrected chi connectivity index (χ0v) is 10.4. The smallest absolute Gasteiger partial charge is 0.220 e. The maximum Gasteiger partial charge on any atom is 0.220 e. The predicted molar refractivity (Wildman–Crippen MR) is 65.9 cm³/mol. The molecule has 0 saturated carbocycles. The summed E-state index contributed by atoms with van der Waals surface area (Å²) in [6.45, 7) is 2.77. The summed E-state index contributed by atoms with van der Waals surface area (Å²) in [5.74, 6) is -1.65. The van der Waals surface area contributed by atoms with Gasteiger partial charge in [0.1, 0.15) is 0 Å². The molecular weight excluding hydrogens is 238 g/mol. The minimum atomic E-state index is -0.865. The Morgan fingerprint density at radius 2 is 2.11 bits per heavy atom. The van der Waals surface area contributed by atoms with Gasteiger partial charge in [-0.05, 0) is 36.6 Å². The first-order chi connectivity index (χ1) is 8.52. The highest BCUT2D eigenvalue weighted by Gasteiger charge is 2.07. The second-order valence-electron chi connectivity index (χ2n) is 4.39. The number of rotatable bonds is 6. The molecule has 0 aliphatic heterocycles. The molecular formula is C13H18F2N2O. The summed E-state index contributed by atoms with van der Waals surface area (Å²) in [4.78, 5) is 11.4. The van der Waals surface area contributed by atoms with Crippen LogP contribution in [-0.4, -0.2) is 19.0 Å². The van der Waals surface area contributed by atoms with Crippen LogP contribution in [0.1, 0.15) is 18.9 Å². The lowest BCUT2D eigenvalue weighted by Gasteiger charge is -2.09. The lowest BCUT2D eigenvalue weighted by molar-refractivity contribution is -0.121. The topological polar surface area (TPSA) is 55.1 Å². The van der Waals surface area contributed by atoms with Crippen molar-refractivity contribution in [3.63, 3.8) is 0 Å². The van der Waals surface area contributed by atoms with Crippen LogP contribution in [0.15, 0.2) is 18.2 Å². The van der Waals surface area contributed by atoms with Crippen molar-refractivity contribution in [3.05, 3.63) is 35.4 Å². The quantitative estimate of drug-likeness (QED) is 0.812. The number of nitrogens with two attached hydrogens (primary N) is 1. The minimum Gasteiger partial charge on any atom is -0.356 e. The number of halogens is 2. The van der Waals surface area contributed by atoms with Crippen LogP contribution in [0.25, 0.3) is 0 Å². The van der Waals surface area contributed by atoms with Crippen LogP contribution in [0.3, 0.4) is 0 Å². The van der Waals surface area contributed by atoms with Gasteiger partial charge in [-0.25, -0.2) is 8.78 Å². The summed E-state index contributed by atoms with van der Waals surface area (Å²) in [6, 6.07) is 3.74. The molecule has 1 amide bonds. The third-order valence-corrected chi connectivity index (χ3v) is 2.66. The normalized spacial score (nSPS) is 12.2. The number of amides is 1. The molecule has 1 unspecified atom stereocenters. The third kappa shape index (κ3) is 4.79. The average molecular weight is 256 g/mol. The van der Waals surface area contributed by atoms with Gasteiger partial charge in [-0.1, -0.05) is 13.0 Å². The molecule has 0 aliphatic carbocycles. The Bertz CT molecular complexity index is 410. The van der Waals surface area contributed by atoms with E-state index < -0.39 is 11.6 Å². The fourth-order valence-electron chi connectivity index (χ4n) is 1.51. The van der Waals surface area contributed by atoms with E-state index in [9.17, 15) is 13.6 Å². The van der Waals surface area contributed by atoms with Crippen LogP contribution >= 0.6 is 0 Å². The predicted octanol–water partition coefficient (Wildman–Crippen LogP) is 1.61. The van der Waals surface area contributed by atoms with Gasteiger partial charge in [0.15, 0.2) is 11.6 Å². The lowest BCUT2D eigenvalue weighted by Crippen LogP contribution is -2.28. The molecule has 100 valence electrons. The Morgan fingerprint density at radius 1 is 1.39 bits per heavy atom. The zero-order valence-electron chi connectivity index (χ0n) is 10.4. The highest BCUT2D eigenvalue weighted by atomic mass is 19.2. The fraction of sp³-hybridized carbons (Fsp3) is 0.462. The number of carbonyl (C=O) groups excluding carboxylic acids is 1. The highest BCUT2D eigenvalue weighted by Crippen LogP contribution is 2.08. The first-order valence-electron chi connectivity index (χ1n) is 5.93. The van der Waals surface area contributed by atoms with Crippen LogP contribution < -0.4 is 11.1 Å². The Balaban J connectivity index is 2.33. The van der Waals surface area contributed by atoms with Crippen molar-refractivity contribution in [2.24, 2.45) is 11.7 Å². The molecule has 0 bridgehead atoms. The summed E-state index contributed by atoms with van der Waals surface area (Å²) in [5.41, 5.74) is 6.07. The van der Waals surface area contributed by atoms with Gasteiger partial charge in [0.25, 0.3) is 0 Å². The molecule has 0 aliphatic rings. The van der Waals surface area contributed by atoms with Crippen molar-refractivity contribution in [1.29, 1.82) is 0 Å². The summed E-state index contributed by atoms with van der Waals surface area (Å²) >= 11 is 0. The lowest BCUT2D eigenvalue weighted by atomic mass is 10.1. The molecule has 3 nitrogen and oxygen atoms in total. The maximum atomic E-state index is 12.9. The van der Waals surface area contributed by atoms with Crippen molar-refractivity contribution in [1.82, 2.24) is 5.32 Å². The van der Waals surface area contributed by atoms with Gasteiger partial charge in [-0.3, -0.25) is 4.79 Å². The van der Waals surface area contributed by atoms with E-state index in [1.807, 2.05) is 6.92 Å². The van der Waals surface area contributed by atoms with Gasteiger partial charge < -0.3 is 11.1 Å². The number of nitrogens with one attached hydrogen (secondary N) is 1. The summed E-state index contributed by atoms with van der Waals surface area (Å²) in [6.07, 6.45) is 0.855. The van der Waals surface area contributed by atoms with Crippen molar-refractivity contribution < 1.29 is 13.6 Å². The summed E-state index contributed by atoms with van der Waals surface area (Å²) < 4.78 is 25.6. The van der Waals surface area contributed by atoms with Gasteiger partial charge in [0.05, 0.1) is 0 Å². The Morgan fingerprint density at radius 3 is 2.72 bits per heavy atom. The molecule has 5 heteroatoms. The van der Waals surface area contributed by atoms with E-state index in [1.54, 1.807) is 0 Å². The molecule has 1 rings (SSSR count). The first kappa shape index (κ1) is 14.6. The molecule has 1 aromatic rings. The van der Waals surface area contributed by atoms with Crippen LogP contribution in [0.5, 0.6) is 0 Å². The second-order valence-corrected chi connectivity index (χ2v) is 4.39. The third-order valence-electron chi connectivity index (χ3n) is 2.66. The Hall–Kier alpha value is -1.49. The van der Waals surface area contributed by atoms with E-state index >= 15 is 0 Å². The monoisotopic (exact) mass is 256 g/mol. The van der Waals surface area contributed by atoms with E-state index in [4.69, 9.17) is 5.73 Å². The van der Waals surface area contributed by atoms with Crippen molar-refractivity contribution in [2.75, 3.05) is 13.1 Å². The van der Waals surface area contributed by atoms with Gasteiger partial charge in [0, 0.05) is 13.0 Å². The van der Waals surface area contributed by atoms with E-state index in [-0.39, 0.29) is 11.8 Å². The van der Waals surface area contributed by atoms with Crippen LogP contribution in [0, 0.1) is 17.6 Å². The van der Waals surface area contributed by atoms with Crippen LogP contribution in [0.2, 0.25) is 0 Å². The summed E-state index contributed by atoms with van der Waals surface area (Å²) in [5, 5.41) is 2.72. The molecule has 0 fully saturated rings. The molecule has 1 atom stereocenters. The highest BCUT2D eigenvalue weighted by molar-refractivity contribution is 5.76. The van der Waals surface area contributed by atoms with Gasteiger partial charge >= 0.3 is 0 Å². The molecule has 18 heavy (non-hydrogen) atoms. The van der Waals surface area contributed by atoms with Crippen molar-refractivity contribution in [3.8, 4) is 0 Å². The average Bonchev–Trinajstić information content (AvgIpc) is 2.33. The molecule has 0 spiro atoms. The van der Waals surface area contributed by atoms with Gasteiger partial charge in [-0.15, -0.1) is 0 Å². The number of benzene rings is 1. The second kappa shape index (κ2) is 7.06. The van der Waals surface area contributed by atoms with Gasteiger partial charge in [0.2, 0.25) is 5.91 Å².